The van der Waals surface area contributed by atoms with Crippen molar-refractivity contribution >= 4 is 5.97 Å². The van der Waals surface area contributed by atoms with E-state index >= 15 is 0 Å². The maximum atomic E-state index is 11.7. The minimum Gasteiger partial charge on any atom is -0.468 e. The zero-order valence-corrected chi connectivity index (χ0v) is 11.5. The summed E-state index contributed by atoms with van der Waals surface area (Å²) in [7, 11) is 1.48. The summed E-state index contributed by atoms with van der Waals surface area (Å²) in [5, 5.41) is 0. The molecule has 3 nitrogen and oxygen atoms in total. The Bertz CT molecular complexity index is 192. The maximum absolute atomic E-state index is 11.7. The molecule has 16 heavy (non-hydrogen) atoms. The molecule has 96 valence electrons. The van der Waals surface area contributed by atoms with E-state index in [0.29, 0.717) is 5.92 Å². The summed E-state index contributed by atoms with van der Waals surface area (Å²) < 4.78 is 4.89. The molecule has 0 N–H and O–H groups in total. The van der Waals surface area contributed by atoms with Gasteiger partial charge in [-0.1, -0.05) is 40.5 Å². The predicted molar refractivity (Wildman–Crippen MR) is 67.4 cm³/mol. The van der Waals surface area contributed by atoms with Gasteiger partial charge in [-0.15, -0.1) is 0 Å². The van der Waals surface area contributed by atoms with Crippen LogP contribution in [0.25, 0.3) is 0 Å². The van der Waals surface area contributed by atoms with E-state index in [-0.39, 0.29) is 12.0 Å². The first-order chi connectivity index (χ1) is 7.56. The molecule has 0 aromatic carbocycles. The van der Waals surface area contributed by atoms with Gasteiger partial charge in [-0.3, -0.25) is 9.69 Å². The SMILES string of the molecule is CCCCC(C(=O)OC)N(CC)CC(C)C. The third-order valence-electron chi connectivity index (χ3n) is 2.75. The molecule has 0 aliphatic carbocycles. The summed E-state index contributed by atoms with van der Waals surface area (Å²) >= 11 is 0. The van der Waals surface area contributed by atoms with Crippen molar-refractivity contribution in [1.29, 1.82) is 0 Å². The van der Waals surface area contributed by atoms with Gasteiger partial charge in [-0.2, -0.15) is 0 Å². The van der Waals surface area contributed by atoms with Crippen LogP contribution in [0.4, 0.5) is 0 Å². The van der Waals surface area contributed by atoms with Crippen LogP contribution in [0, 0.1) is 5.92 Å². The van der Waals surface area contributed by atoms with Gasteiger partial charge >= 0.3 is 5.97 Å². The Balaban J connectivity index is 4.48. The number of likely N-dealkylation sites (N-methyl/N-ethyl adjacent to an activating group) is 1. The minimum absolute atomic E-state index is 0.0580. The summed E-state index contributed by atoms with van der Waals surface area (Å²) in [6.45, 7) is 10.5. The Labute approximate surface area is 100 Å². The van der Waals surface area contributed by atoms with Gasteiger partial charge in [0.15, 0.2) is 0 Å². The number of ether oxygens (including phenoxy) is 1. The van der Waals surface area contributed by atoms with Gasteiger partial charge in [-0.25, -0.2) is 0 Å². The van der Waals surface area contributed by atoms with Crippen LogP contribution in [0.15, 0.2) is 0 Å². The highest BCUT2D eigenvalue weighted by molar-refractivity contribution is 5.75. The summed E-state index contributed by atoms with van der Waals surface area (Å²) in [6, 6.07) is -0.0580. The molecule has 0 bridgehead atoms. The fraction of sp³-hybridized carbons (Fsp3) is 0.923. The van der Waals surface area contributed by atoms with Gasteiger partial charge in [0.25, 0.3) is 0 Å². The Morgan fingerprint density at radius 3 is 2.31 bits per heavy atom. The molecule has 0 saturated heterocycles. The molecule has 0 spiro atoms. The number of carbonyl (C=O) groups excluding carboxylic acids is 1. The first kappa shape index (κ1) is 15.4. The van der Waals surface area contributed by atoms with Crippen LogP contribution in [-0.2, 0) is 9.53 Å². The molecule has 1 atom stereocenters. The summed E-state index contributed by atoms with van der Waals surface area (Å²) in [5.41, 5.74) is 0. The van der Waals surface area contributed by atoms with Crippen molar-refractivity contribution in [2.75, 3.05) is 20.2 Å². The second-order valence-corrected chi connectivity index (χ2v) is 4.66. The van der Waals surface area contributed by atoms with Crippen LogP contribution in [-0.4, -0.2) is 37.1 Å². The third-order valence-corrected chi connectivity index (χ3v) is 2.75. The zero-order chi connectivity index (χ0) is 12.6. The lowest BCUT2D eigenvalue weighted by Gasteiger charge is -2.30. The van der Waals surface area contributed by atoms with Crippen molar-refractivity contribution in [1.82, 2.24) is 4.90 Å². The molecule has 0 rings (SSSR count). The lowest BCUT2D eigenvalue weighted by Crippen LogP contribution is -2.43. The van der Waals surface area contributed by atoms with Crippen molar-refractivity contribution in [2.24, 2.45) is 5.92 Å². The Morgan fingerprint density at radius 1 is 1.31 bits per heavy atom. The van der Waals surface area contributed by atoms with E-state index in [0.717, 1.165) is 32.4 Å². The third kappa shape index (κ3) is 5.50. The molecule has 3 heteroatoms. The molecule has 0 aliphatic heterocycles. The molecular formula is C13H27NO2. The normalized spacial score (nSPS) is 13.2. The van der Waals surface area contributed by atoms with Crippen LogP contribution in [0.1, 0.15) is 47.0 Å². The van der Waals surface area contributed by atoms with Gasteiger partial charge in [0.05, 0.1) is 7.11 Å². The zero-order valence-electron chi connectivity index (χ0n) is 11.5. The van der Waals surface area contributed by atoms with Crippen LogP contribution < -0.4 is 0 Å². The molecule has 0 amide bonds. The van der Waals surface area contributed by atoms with Gasteiger partial charge in [0, 0.05) is 6.54 Å². The largest absolute Gasteiger partial charge is 0.468 e. The fourth-order valence-corrected chi connectivity index (χ4v) is 1.93. The van der Waals surface area contributed by atoms with Crippen LogP contribution in [0.5, 0.6) is 0 Å². The van der Waals surface area contributed by atoms with Crippen molar-refractivity contribution in [2.45, 2.75) is 53.0 Å². The van der Waals surface area contributed by atoms with Crippen molar-refractivity contribution in [3.05, 3.63) is 0 Å². The fourth-order valence-electron chi connectivity index (χ4n) is 1.93. The van der Waals surface area contributed by atoms with E-state index < -0.39 is 0 Å². The van der Waals surface area contributed by atoms with E-state index in [2.05, 4.69) is 32.6 Å². The second kappa shape index (κ2) is 8.57. The first-order valence-electron chi connectivity index (χ1n) is 6.38. The van der Waals surface area contributed by atoms with Crippen molar-refractivity contribution in [3.8, 4) is 0 Å². The Kier molecular flexibility index (Phi) is 8.26. The van der Waals surface area contributed by atoms with Crippen molar-refractivity contribution in [3.63, 3.8) is 0 Å². The van der Waals surface area contributed by atoms with E-state index in [1.54, 1.807) is 0 Å². The standard InChI is InChI=1S/C13H27NO2/c1-6-8-9-12(13(15)16-5)14(7-2)10-11(3)4/h11-12H,6-10H2,1-5H3. The molecule has 0 aromatic rings. The second-order valence-electron chi connectivity index (χ2n) is 4.66. The molecule has 0 aliphatic rings. The van der Waals surface area contributed by atoms with Crippen LogP contribution in [0.2, 0.25) is 0 Å². The number of carbonyl (C=O) groups is 1. The summed E-state index contributed by atoms with van der Waals surface area (Å²) in [6.07, 6.45) is 3.10. The average molecular weight is 229 g/mol. The van der Waals surface area contributed by atoms with Gasteiger partial charge in [-0.05, 0) is 18.9 Å². The number of methoxy groups -OCH3 is 1. The molecular weight excluding hydrogens is 202 g/mol. The quantitative estimate of drug-likeness (QED) is 0.599. The van der Waals surface area contributed by atoms with E-state index in [4.69, 9.17) is 4.74 Å². The molecule has 0 aromatic heterocycles. The van der Waals surface area contributed by atoms with Gasteiger partial charge in [0.2, 0.25) is 0 Å². The lowest BCUT2D eigenvalue weighted by atomic mass is 10.1. The molecule has 0 fully saturated rings. The number of hydrogen-bond donors (Lipinski definition) is 0. The Hall–Kier alpha value is -0.570. The molecule has 0 saturated carbocycles. The highest BCUT2D eigenvalue weighted by Gasteiger charge is 2.25. The smallest absolute Gasteiger partial charge is 0.323 e. The summed E-state index contributed by atoms with van der Waals surface area (Å²) in [5.74, 6) is 0.490. The lowest BCUT2D eigenvalue weighted by molar-refractivity contribution is -0.147. The molecule has 0 heterocycles. The number of nitrogens with zero attached hydrogens (tertiary/aromatic N) is 1. The highest BCUT2D eigenvalue weighted by atomic mass is 16.5. The number of esters is 1. The highest BCUT2D eigenvalue weighted by Crippen LogP contribution is 2.12. The number of unbranched alkanes of at least 4 members (excludes halogenated alkanes) is 1. The molecule has 1 unspecified atom stereocenters. The van der Waals surface area contributed by atoms with Crippen LogP contribution in [0.3, 0.4) is 0 Å². The topological polar surface area (TPSA) is 29.5 Å². The minimum atomic E-state index is -0.0871. The van der Waals surface area contributed by atoms with Gasteiger partial charge in [0.1, 0.15) is 6.04 Å². The van der Waals surface area contributed by atoms with Crippen molar-refractivity contribution < 1.29 is 9.53 Å². The predicted octanol–water partition coefficient (Wildman–Crippen LogP) is 2.70. The Morgan fingerprint density at radius 2 is 1.94 bits per heavy atom. The maximum Gasteiger partial charge on any atom is 0.323 e. The monoisotopic (exact) mass is 229 g/mol. The van der Waals surface area contributed by atoms with Crippen LogP contribution >= 0.6 is 0 Å². The van der Waals surface area contributed by atoms with E-state index in [1.165, 1.54) is 7.11 Å². The summed E-state index contributed by atoms with van der Waals surface area (Å²) in [4.78, 5) is 14.0. The number of hydrogen-bond acceptors (Lipinski definition) is 3. The number of rotatable bonds is 8. The van der Waals surface area contributed by atoms with E-state index in [9.17, 15) is 4.79 Å². The first-order valence-corrected chi connectivity index (χ1v) is 6.38. The average Bonchev–Trinajstić information content (AvgIpc) is 2.26. The molecule has 0 radical (unpaired) electrons. The van der Waals surface area contributed by atoms with E-state index in [1.807, 2.05) is 0 Å². The van der Waals surface area contributed by atoms with Gasteiger partial charge < -0.3 is 4.74 Å².